The molecule has 0 amide bonds. The van der Waals surface area contributed by atoms with Crippen molar-refractivity contribution in [3.63, 3.8) is 0 Å². The van der Waals surface area contributed by atoms with Gasteiger partial charge in [-0.25, -0.2) is 9.37 Å². The summed E-state index contributed by atoms with van der Waals surface area (Å²) in [5.41, 5.74) is 1.53. The molecule has 0 radical (unpaired) electrons. The molecule has 1 aromatic heterocycles. The number of nitrogens with zero attached hydrogens (tertiary/aromatic N) is 1. The Bertz CT molecular complexity index is 868. The molecule has 0 spiro atoms. The zero-order chi connectivity index (χ0) is 20.8. The Labute approximate surface area is 163 Å². The van der Waals surface area contributed by atoms with Crippen LogP contribution < -0.4 is 4.74 Å². The molecule has 0 aliphatic heterocycles. The zero-order valence-electron chi connectivity index (χ0n) is 16.4. The predicted molar refractivity (Wildman–Crippen MR) is 101 cm³/mol. The smallest absolute Gasteiger partial charge is 0.306 e. The number of aryl methyl sites for hydroxylation is 1. The molecule has 7 heteroatoms. The van der Waals surface area contributed by atoms with E-state index in [1.807, 2.05) is 6.92 Å². The maximum atomic E-state index is 13.3. The Morgan fingerprint density at radius 1 is 1.21 bits per heavy atom. The number of halogens is 1. The van der Waals surface area contributed by atoms with Gasteiger partial charge in [0.15, 0.2) is 23.0 Å². The summed E-state index contributed by atoms with van der Waals surface area (Å²) in [4.78, 5) is 28.2. The van der Waals surface area contributed by atoms with Gasteiger partial charge in [0.05, 0.1) is 13.5 Å². The Balaban J connectivity index is 1.94. The average Bonchev–Trinajstić information content (AvgIpc) is 2.65. The van der Waals surface area contributed by atoms with Crippen LogP contribution in [0.5, 0.6) is 11.5 Å². The number of benzene rings is 1. The molecule has 150 valence electrons. The van der Waals surface area contributed by atoms with Crippen LogP contribution in [-0.2, 0) is 9.53 Å². The highest BCUT2D eigenvalue weighted by Crippen LogP contribution is 2.29. The first-order valence-electron chi connectivity index (χ1n) is 8.95. The van der Waals surface area contributed by atoms with Crippen LogP contribution in [0, 0.1) is 12.7 Å². The summed E-state index contributed by atoms with van der Waals surface area (Å²) < 4.78 is 23.6. The number of ketones is 1. The van der Waals surface area contributed by atoms with Gasteiger partial charge in [0.2, 0.25) is 0 Å². The summed E-state index contributed by atoms with van der Waals surface area (Å²) in [6, 6.07) is 5.92. The topological polar surface area (TPSA) is 85.7 Å². The molecule has 2 aromatic rings. The number of ether oxygens (including phenoxy) is 2. The van der Waals surface area contributed by atoms with E-state index < -0.39 is 17.9 Å². The Hall–Kier alpha value is -2.96. The quantitative estimate of drug-likeness (QED) is 0.544. The van der Waals surface area contributed by atoms with Crippen molar-refractivity contribution in [1.82, 2.24) is 4.98 Å². The van der Waals surface area contributed by atoms with E-state index in [1.54, 1.807) is 19.9 Å². The monoisotopic (exact) mass is 389 g/mol. The first kappa shape index (κ1) is 21.3. The number of Topliss-reactive ketones (excluding diaryl/α,β-unsaturated/α-hetero) is 1. The molecule has 1 aromatic carbocycles. The fraction of sp³-hybridized carbons (Fsp3) is 0.381. The van der Waals surface area contributed by atoms with Crippen molar-refractivity contribution >= 4 is 11.8 Å². The van der Waals surface area contributed by atoms with E-state index in [0.717, 1.165) is 11.1 Å². The number of hydrogen-bond donors (Lipinski definition) is 1. The van der Waals surface area contributed by atoms with Crippen LogP contribution in [0.15, 0.2) is 30.5 Å². The minimum atomic E-state index is -0.533. The van der Waals surface area contributed by atoms with Crippen molar-refractivity contribution in [3.8, 4) is 11.5 Å². The van der Waals surface area contributed by atoms with Crippen molar-refractivity contribution in [3.05, 3.63) is 53.1 Å². The first-order chi connectivity index (χ1) is 13.2. The number of rotatable bonds is 8. The van der Waals surface area contributed by atoms with Crippen molar-refractivity contribution in [1.29, 1.82) is 0 Å². The lowest BCUT2D eigenvalue weighted by Gasteiger charge is -2.22. The second-order valence-corrected chi connectivity index (χ2v) is 6.62. The minimum absolute atomic E-state index is 0.135. The standard InChI is InChI=1S/C21H24FNO5/c1-12-11-15(22)5-6-16(12)13(2)14(3)28-19(25)8-7-17(24)20-21(26)18(27-4)9-10-23-20/h5-6,9-11,13-14,26H,7-8H2,1-4H3/t13-,14+/m1/s1. The molecule has 1 N–H and O–H groups in total. The Morgan fingerprint density at radius 3 is 2.57 bits per heavy atom. The number of pyridine rings is 1. The van der Waals surface area contributed by atoms with Gasteiger partial charge in [0.1, 0.15) is 11.9 Å². The summed E-state index contributed by atoms with van der Waals surface area (Å²) in [6.07, 6.45) is 0.605. The highest BCUT2D eigenvalue weighted by atomic mass is 19.1. The number of aromatic hydroxyl groups is 1. The fourth-order valence-corrected chi connectivity index (χ4v) is 2.91. The molecular formula is C21H24FNO5. The highest BCUT2D eigenvalue weighted by molar-refractivity contribution is 5.98. The van der Waals surface area contributed by atoms with E-state index in [1.165, 1.54) is 31.5 Å². The molecule has 2 rings (SSSR count). The van der Waals surface area contributed by atoms with E-state index >= 15 is 0 Å². The largest absolute Gasteiger partial charge is 0.503 e. The maximum Gasteiger partial charge on any atom is 0.306 e. The number of aromatic nitrogens is 1. The number of carbonyl (C=O) groups is 2. The fourth-order valence-electron chi connectivity index (χ4n) is 2.91. The van der Waals surface area contributed by atoms with Crippen LogP contribution >= 0.6 is 0 Å². The SMILES string of the molecule is COc1ccnc(C(=O)CCC(=O)O[C@@H](C)[C@@H](C)c2ccc(F)cc2C)c1O. The van der Waals surface area contributed by atoms with Gasteiger partial charge in [-0.2, -0.15) is 0 Å². The Kier molecular flexibility index (Phi) is 7.09. The number of hydrogen-bond acceptors (Lipinski definition) is 6. The summed E-state index contributed by atoms with van der Waals surface area (Å²) in [5, 5.41) is 9.96. The molecule has 6 nitrogen and oxygen atoms in total. The van der Waals surface area contributed by atoms with Crippen molar-refractivity contribution in [2.75, 3.05) is 7.11 Å². The van der Waals surface area contributed by atoms with Crippen LogP contribution in [0.1, 0.15) is 54.2 Å². The third-order valence-electron chi connectivity index (χ3n) is 4.67. The molecule has 0 fully saturated rings. The van der Waals surface area contributed by atoms with Gasteiger partial charge in [0, 0.05) is 24.6 Å². The van der Waals surface area contributed by atoms with E-state index in [9.17, 15) is 19.1 Å². The molecular weight excluding hydrogens is 365 g/mol. The average molecular weight is 389 g/mol. The van der Waals surface area contributed by atoms with Crippen LogP contribution in [0.2, 0.25) is 0 Å². The van der Waals surface area contributed by atoms with Crippen LogP contribution in [0.4, 0.5) is 4.39 Å². The maximum absolute atomic E-state index is 13.3. The number of methoxy groups -OCH3 is 1. The molecule has 1 heterocycles. The second-order valence-electron chi connectivity index (χ2n) is 6.62. The van der Waals surface area contributed by atoms with Gasteiger partial charge in [-0.15, -0.1) is 0 Å². The third-order valence-corrected chi connectivity index (χ3v) is 4.67. The third kappa shape index (κ3) is 5.06. The van der Waals surface area contributed by atoms with Crippen LogP contribution in [0.25, 0.3) is 0 Å². The molecule has 0 bridgehead atoms. The second kappa shape index (κ2) is 9.30. The normalized spacial score (nSPS) is 12.9. The number of carbonyl (C=O) groups excluding carboxylic acids is 2. The van der Waals surface area contributed by atoms with E-state index in [-0.39, 0.29) is 41.8 Å². The summed E-state index contributed by atoms with van der Waals surface area (Å²) in [6.45, 7) is 5.44. The van der Waals surface area contributed by atoms with E-state index in [0.29, 0.717) is 0 Å². The lowest BCUT2D eigenvalue weighted by Crippen LogP contribution is -2.22. The van der Waals surface area contributed by atoms with Gasteiger partial charge in [0.25, 0.3) is 0 Å². The van der Waals surface area contributed by atoms with E-state index in [2.05, 4.69) is 4.98 Å². The van der Waals surface area contributed by atoms with Crippen molar-refractivity contribution < 1.29 is 28.6 Å². The van der Waals surface area contributed by atoms with Gasteiger partial charge < -0.3 is 14.6 Å². The molecule has 0 saturated heterocycles. The van der Waals surface area contributed by atoms with Gasteiger partial charge >= 0.3 is 5.97 Å². The van der Waals surface area contributed by atoms with Gasteiger partial charge in [-0.1, -0.05) is 13.0 Å². The van der Waals surface area contributed by atoms with Gasteiger partial charge in [-0.3, -0.25) is 9.59 Å². The molecule has 0 aliphatic carbocycles. The molecule has 2 atom stereocenters. The molecule has 28 heavy (non-hydrogen) atoms. The summed E-state index contributed by atoms with van der Waals surface area (Å²) in [7, 11) is 1.37. The first-order valence-corrected chi connectivity index (χ1v) is 8.95. The number of esters is 1. The van der Waals surface area contributed by atoms with E-state index in [4.69, 9.17) is 9.47 Å². The predicted octanol–water partition coefficient (Wildman–Crippen LogP) is 3.94. The van der Waals surface area contributed by atoms with Crippen LogP contribution in [-0.4, -0.2) is 35.1 Å². The summed E-state index contributed by atoms with van der Waals surface area (Å²) >= 11 is 0. The Morgan fingerprint density at radius 2 is 1.93 bits per heavy atom. The molecule has 0 unspecified atom stereocenters. The highest BCUT2D eigenvalue weighted by Gasteiger charge is 2.22. The lowest BCUT2D eigenvalue weighted by molar-refractivity contribution is -0.149. The summed E-state index contributed by atoms with van der Waals surface area (Å²) in [5.74, 6) is -1.68. The van der Waals surface area contributed by atoms with Crippen molar-refractivity contribution in [2.24, 2.45) is 0 Å². The van der Waals surface area contributed by atoms with Crippen molar-refractivity contribution in [2.45, 2.75) is 45.6 Å². The molecule has 0 saturated carbocycles. The van der Waals surface area contributed by atoms with Gasteiger partial charge in [-0.05, 0) is 37.1 Å². The molecule has 0 aliphatic rings. The van der Waals surface area contributed by atoms with Crippen LogP contribution in [0.3, 0.4) is 0 Å². The zero-order valence-corrected chi connectivity index (χ0v) is 16.4. The minimum Gasteiger partial charge on any atom is -0.503 e. The lowest BCUT2D eigenvalue weighted by atomic mass is 9.92.